The summed E-state index contributed by atoms with van der Waals surface area (Å²) in [5, 5.41) is 3.22. The molecule has 0 saturated carbocycles. The van der Waals surface area contributed by atoms with Gasteiger partial charge in [0.05, 0.1) is 0 Å². The summed E-state index contributed by atoms with van der Waals surface area (Å²) < 4.78 is 0. The number of nitrogens with zero attached hydrogens (tertiary/aromatic N) is 4. The first-order chi connectivity index (χ1) is 8.31. The summed E-state index contributed by atoms with van der Waals surface area (Å²) in [4.78, 5) is 13.3. The lowest BCUT2D eigenvalue weighted by molar-refractivity contribution is 0.312. The van der Waals surface area contributed by atoms with E-state index in [9.17, 15) is 0 Å². The average Bonchev–Trinajstić information content (AvgIpc) is 2.38. The highest BCUT2D eigenvalue weighted by atomic mass is 15.3. The van der Waals surface area contributed by atoms with Crippen LogP contribution in [0, 0.1) is 0 Å². The van der Waals surface area contributed by atoms with Crippen LogP contribution >= 0.6 is 0 Å². The maximum atomic E-state index is 5.49. The van der Waals surface area contributed by atoms with E-state index in [0.717, 1.165) is 44.4 Å². The quantitative estimate of drug-likeness (QED) is 0.741. The number of nitrogens with two attached hydrogens (primary N) is 1. The Morgan fingerprint density at radius 1 is 1.24 bits per heavy atom. The molecule has 1 saturated heterocycles. The molecule has 17 heavy (non-hydrogen) atoms. The zero-order chi connectivity index (χ0) is 12.1. The Kier molecular flexibility index (Phi) is 4.11. The van der Waals surface area contributed by atoms with E-state index in [1.807, 2.05) is 0 Å². The Hall–Kier alpha value is -1.40. The second-order valence-corrected chi connectivity index (χ2v) is 4.23. The molecule has 1 aliphatic rings. The smallest absolute Gasteiger partial charge is 0.171 e. The topological polar surface area (TPSA) is 70.3 Å². The molecule has 0 spiro atoms. The molecule has 1 fully saturated rings. The van der Waals surface area contributed by atoms with Crippen LogP contribution in [0.3, 0.4) is 0 Å². The molecule has 0 aromatic carbocycles. The lowest BCUT2D eigenvalue weighted by Crippen LogP contribution is -2.45. The van der Waals surface area contributed by atoms with Crippen molar-refractivity contribution in [3.63, 3.8) is 0 Å². The molecule has 0 amide bonds. The number of likely N-dealkylation sites (N-methyl/N-ethyl adjacent to an activating group) is 1. The van der Waals surface area contributed by atoms with Crippen LogP contribution in [0.2, 0.25) is 0 Å². The Bertz CT molecular complexity index is 348. The molecule has 6 heteroatoms. The summed E-state index contributed by atoms with van der Waals surface area (Å²) in [6.45, 7) is 5.43. The molecule has 0 bridgehead atoms. The molecular formula is C11H20N6. The van der Waals surface area contributed by atoms with Gasteiger partial charge in [0.2, 0.25) is 0 Å². The fraction of sp³-hybridized carbons (Fsp3) is 0.636. The molecule has 0 aliphatic carbocycles. The van der Waals surface area contributed by atoms with Gasteiger partial charge in [-0.2, -0.15) is 0 Å². The van der Waals surface area contributed by atoms with Crippen LogP contribution in [0.5, 0.6) is 0 Å². The molecule has 0 unspecified atom stereocenters. The van der Waals surface area contributed by atoms with Crippen LogP contribution in [0.25, 0.3) is 0 Å². The number of rotatable bonds is 4. The van der Waals surface area contributed by atoms with Crippen molar-refractivity contribution in [3.8, 4) is 0 Å². The minimum Gasteiger partial charge on any atom is -0.366 e. The fourth-order valence-electron chi connectivity index (χ4n) is 1.90. The van der Waals surface area contributed by atoms with Crippen LogP contribution in [-0.4, -0.2) is 61.2 Å². The standard InChI is InChI=1S/C11H20N6/c1-16-6-8-17(9-7-16)11-10(13-3-2-12)14-4-5-15-11/h4-5H,2-3,6-9,12H2,1H3,(H,13,14). The maximum absolute atomic E-state index is 5.49. The van der Waals surface area contributed by atoms with Gasteiger partial charge in [0.15, 0.2) is 11.6 Å². The minimum absolute atomic E-state index is 0.596. The number of anilines is 2. The van der Waals surface area contributed by atoms with E-state index in [2.05, 4.69) is 32.1 Å². The third kappa shape index (κ3) is 3.04. The Balaban J connectivity index is 2.08. The molecule has 0 atom stereocenters. The first kappa shape index (κ1) is 12.1. The van der Waals surface area contributed by atoms with Crippen molar-refractivity contribution in [3.05, 3.63) is 12.4 Å². The lowest BCUT2D eigenvalue weighted by atomic mass is 10.3. The van der Waals surface area contributed by atoms with Gasteiger partial charge in [-0.15, -0.1) is 0 Å². The third-order valence-electron chi connectivity index (χ3n) is 2.92. The summed E-state index contributed by atoms with van der Waals surface area (Å²) >= 11 is 0. The number of nitrogens with one attached hydrogen (secondary N) is 1. The van der Waals surface area contributed by atoms with Crippen LogP contribution in [0.15, 0.2) is 12.4 Å². The highest BCUT2D eigenvalue weighted by Crippen LogP contribution is 2.20. The van der Waals surface area contributed by atoms with E-state index in [1.165, 1.54) is 0 Å². The maximum Gasteiger partial charge on any atom is 0.171 e. The van der Waals surface area contributed by atoms with E-state index in [4.69, 9.17) is 5.73 Å². The van der Waals surface area contributed by atoms with Gasteiger partial charge in [0, 0.05) is 51.7 Å². The first-order valence-electron chi connectivity index (χ1n) is 5.99. The summed E-state index contributed by atoms with van der Waals surface area (Å²) in [5.74, 6) is 1.77. The van der Waals surface area contributed by atoms with E-state index in [1.54, 1.807) is 12.4 Å². The van der Waals surface area contributed by atoms with Crippen molar-refractivity contribution >= 4 is 11.6 Å². The zero-order valence-electron chi connectivity index (χ0n) is 10.3. The second-order valence-electron chi connectivity index (χ2n) is 4.23. The van der Waals surface area contributed by atoms with Crippen molar-refractivity contribution in [1.29, 1.82) is 0 Å². The normalized spacial score (nSPS) is 17.2. The zero-order valence-corrected chi connectivity index (χ0v) is 10.3. The summed E-state index contributed by atoms with van der Waals surface area (Å²) in [7, 11) is 2.14. The molecule has 2 heterocycles. The predicted molar refractivity (Wildman–Crippen MR) is 69.3 cm³/mol. The monoisotopic (exact) mass is 236 g/mol. The van der Waals surface area contributed by atoms with Gasteiger partial charge >= 0.3 is 0 Å². The van der Waals surface area contributed by atoms with Gasteiger partial charge in [-0.05, 0) is 7.05 Å². The van der Waals surface area contributed by atoms with Crippen molar-refractivity contribution in [2.24, 2.45) is 5.73 Å². The van der Waals surface area contributed by atoms with Crippen molar-refractivity contribution in [2.75, 3.05) is 56.5 Å². The van der Waals surface area contributed by atoms with Gasteiger partial charge in [-0.1, -0.05) is 0 Å². The largest absolute Gasteiger partial charge is 0.366 e. The molecule has 1 aromatic heterocycles. The first-order valence-corrected chi connectivity index (χ1v) is 5.99. The predicted octanol–water partition coefficient (Wildman–Crippen LogP) is -0.401. The summed E-state index contributed by atoms with van der Waals surface area (Å²) in [6.07, 6.45) is 3.44. The molecule has 6 nitrogen and oxygen atoms in total. The second kappa shape index (κ2) is 5.79. The number of piperazine rings is 1. The number of hydrogen-bond acceptors (Lipinski definition) is 6. The van der Waals surface area contributed by atoms with E-state index in [-0.39, 0.29) is 0 Å². The lowest BCUT2D eigenvalue weighted by Gasteiger charge is -2.33. The molecule has 3 N–H and O–H groups in total. The molecule has 1 aliphatic heterocycles. The average molecular weight is 236 g/mol. The van der Waals surface area contributed by atoms with Gasteiger partial charge < -0.3 is 20.9 Å². The van der Waals surface area contributed by atoms with Gasteiger partial charge in [0.1, 0.15) is 0 Å². The van der Waals surface area contributed by atoms with E-state index in [0.29, 0.717) is 6.54 Å². The van der Waals surface area contributed by atoms with Crippen LogP contribution in [-0.2, 0) is 0 Å². The molecule has 2 rings (SSSR count). The van der Waals surface area contributed by atoms with Crippen LogP contribution in [0.1, 0.15) is 0 Å². The highest BCUT2D eigenvalue weighted by molar-refractivity contribution is 5.60. The summed E-state index contributed by atoms with van der Waals surface area (Å²) in [5.41, 5.74) is 5.49. The van der Waals surface area contributed by atoms with Crippen LogP contribution < -0.4 is 16.0 Å². The molecular weight excluding hydrogens is 216 g/mol. The van der Waals surface area contributed by atoms with Crippen molar-refractivity contribution in [2.45, 2.75) is 0 Å². The molecule has 1 aromatic rings. The Morgan fingerprint density at radius 2 is 1.94 bits per heavy atom. The van der Waals surface area contributed by atoms with Gasteiger partial charge in [-0.25, -0.2) is 9.97 Å². The third-order valence-corrected chi connectivity index (χ3v) is 2.92. The van der Waals surface area contributed by atoms with Crippen molar-refractivity contribution < 1.29 is 0 Å². The van der Waals surface area contributed by atoms with Gasteiger partial charge in [-0.3, -0.25) is 0 Å². The number of aromatic nitrogens is 2. The SMILES string of the molecule is CN1CCN(c2nccnc2NCCN)CC1. The fourth-order valence-corrected chi connectivity index (χ4v) is 1.90. The Morgan fingerprint density at radius 3 is 2.65 bits per heavy atom. The van der Waals surface area contributed by atoms with Gasteiger partial charge in [0.25, 0.3) is 0 Å². The van der Waals surface area contributed by atoms with Crippen LogP contribution in [0.4, 0.5) is 11.6 Å². The summed E-state index contributed by atoms with van der Waals surface area (Å²) in [6, 6.07) is 0. The number of hydrogen-bond donors (Lipinski definition) is 2. The van der Waals surface area contributed by atoms with E-state index >= 15 is 0 Å². The molecule has 0 radical (unpaired) electrons. The van der Waals surface area contributed by atoms with E-state index < -0.39 is 0 Å². The minimum atomic E-state index is 0.596. The highest BCUT2D eigenvalue weighted by Gasteiger charge is 2.18. The Labute approximate surface area is 102 Å². The molecule has 94 valence electrons. The van der Waals surface area contributed by atoms with Crippen molar-refractivity contribution in [1.82, 2.24) is 14.9 Å².